The van der Waals surface area contributed by atoms with Crippen LogP contribution in [-0.4, -0.2) is 95.6 Å². The molecule has 0 radical (unpaired) electrons. The highest BCUT2D eigenvalue weighted by atomic mass is 32.2. The molecule has 7 atom stereocenters. The molecule has 0 saturated carbocycles. The van der Waals surface area contributed by atoms with Crippen LogP contribution in [0.3, 0.4) is 0 Å². The Morgan fingerprint density at radius 1 is 1.33 bits per heavy atom. The van der Waals surface area contributed by atoms with Crippen molar-refractivity contribution in [3.05, 3.63) is 10.6 Å². The van der Waals surface area contributed by atoms with Gasteiger partial charge in [-0.15, -0.1) is 11.8 Å². The molecule has 4 heterocycles. The number of carboxylic acids is 1. The molecule has 0 aromatic rings. The second-order valence-electron chi connectivity index (χ2n) is 10.7. The Morgan fingerprint density at radius 2 is 2.08 bits per heavy atom. The molecule has 10 nitrogen and oxygen atoms in total. The number of fused-ring (bicyclic) bond motifs is 1. The third-order valence-electron chi connectivity index (χ3n) is 8.18. The largest absolute Gasteiger partial charge is 0.477 e. The van der Waals surface area contributed by atoms with Crippen LogP contribution in [0.1, 0.15) is 39.5 Å². The van der Waals surface area contributed by atoms with Gasteiger partial charge in [-0.25, -0.2) is 4.79 Å². The summed E-state index contributed by atoms with van der Waals surface area (Å²) in [6.07, 6.45) is 2.84. The number of hydrogen-bond acceptors (Lipinski definition) is 8. The number of ketones is 1. The van der Waals surface area contributed by atoms with E-state index >= 15 is 0 Å². The predicted octanol–water partition coefficient (Wildman–Crippen LogP) is 0.235. The number of carboxylic acid groups (broad SMARTS) is 1. The number of rotatable bonds is 11. The molecule has 0 aromatic heterocycles. The van der Waals surface area contributed by atoms with E-state index in [2.05, 4.69) is 10.6 Å². The van der Waals surface area contributed by atoms with Crippen LogP contribution in [0.4, 0.5) is 0 Å². The number of hydrogen-bond donors (Lipinski definition) is 4. The molecule has 11 heteroatoms. The van der Waals surface area contributed by atoms with Gasteiger partial charge in [0, 0.05) is 42.1 Å². The average molecular weight is 522 g/mol. The summed E-state index contributed by atoms with van der Waals surface area (Å²) < 4.78 is 0. The number of thioether (sulfide) groups is 1. The first-order valence-electron chi connectivity index (χ1n) is 13.0. The Kier molecular flexibility index (Phi) is 8.43. The van der Waals surface area contributed by atoms with Crippen molar-refractivity contribution in [3.8, 4) is 0 Å². The number of Topliss-reactive ketones (excluding diaryl/α,β-unsaturated/α-hetero) is 1. The monoisotopic (exact) mass is 521 g/mol. The molecule has 0 spiro atoms. The van der Waals surface area contributed by atoms with Gasteiger partial charge in [0.05, 0.1) is 24.5 Å². The van der Waals surface area contributed by atoms with Crippen LogP contribution in [0, 0.1) is 23.7 Å². The molecule has 3 fully saturated rings. The third-order valence-corrected chi connectivity index (χ3v) is 9.69. The maximum Gasteiger partial charge on any atom is 0.353 e. The Labute approximate surface area is 216 Å². The fraction of sp³-hybridized carbons (Fsp3) is 0.760. The molecule has 0 aliphatic carbocycles. The summed E-state index contributed by atoms with van der Waals surface area (Å²) in [6.45, 7) is 6.91. The van der Waals surface area contributed by atoms with E-state index < -0.39 is 5.97 Å². The van der Waals surface area contributed by atoms with Crippen LogP contribution >= 0.6 is 11.8 Å². The summed E-state index contributed by atoms with van der Waals surface area (Å²) in [5.41, 5.74) is 5.75. The van der Waals surface area contributed by atoms with Crippen molar-refractivity contribution in [1.82, 2.24) is 20.4 Å². The number of carbonyl (C=O) groups excluding carboxylic acids is 3. The zero-order valence-electron chi connectivity index (χ0n) is 21.4. The molecule has 1 unspecified atom stereocenters. The number of carbonyl (C=O) groups is 4. The number of nitrogens with zero attached hydrogens (tertiary/aromatic N) is 2. The number of β-lactam (4-membered cyclic amide) rings is 1. The van der Waals surface area contributed by atoms with Crippen molar-refractivity contribution in [2.45, 2.75) is 56.9 Å². The lowest BCUT2D eigenvalue weighted by molar-refractivity contribution is -0.160. The first kappa shape index (κ1) is 27.1. The molecule has 5 N–H and O–H groups in total. The summed E-state index contributed by atoms with van der Waals surface area (Å²) in [6, 6.07) is -0.506. The molecule has 2 amide bonds. The molecule has 3 saturated heterocycles. The van der Waals surface area contributed by atoms with E-state index in [9.17, 15) is 24.3 Å². The first-order chi connectivity index (χ1) is 17.2. The molecule has 4 aliphatic rings. The van der Waals surface area contributed by atoms with Crippen LogP contribution in [0.15, 0.2) is 10.6 Å². The molecule has 200 valence electrons. The van der Waals surface area contributed by atoms with E-state index in [1.54, 1.807) is 7.05 Å². The van der Waals surface area contributed by atoms with Crippen LogP contribution in [0.5, 0.6) is 0 Å². The van der Waals surface area contributed by atoms with E-state index in [4.69, 9.17) is 5.73 Å². The molecule has 4 aliphatic heterocycles. The number of amides is 2. The molecular weight excluding hydrogens is 482 g/mol. The van der Waals surface area contributed by atoms with Gasteiger partial charge in [0.15, 0.2) is 0 Å². The van der Waals surface area contributed by atoms with Crippen molar-refractivity contribution in [3.63, 3.8) is 0 Å². The van der Waals surface area contributed by atoms with Gasteiger partial charge in [-0.1, -0.05) is 13.8 Å². The van der Waals surface area contributed by atoms with E-state index in [1.165, 1.54) is 16.7 Å². The van der Waals surface area contributed by atoms with Crippen LogP contribution < -0.4 is 16.4 Å². The van der Waals surface area contributed by atoms with Crippen molar-refractivity contribution in [2.75, 3.05) is 39.8 Å². The minimum Gasteiger partial charge on any atom is -0.477 e. The Morgan fingerprint density at radius 3 is 2.75 bits per heavy atom. The number of aliphatic carboxylic acids is 1. The Bertz CT molecular complexity index is 942. The summed E-state index contributed by atoms with van der Waals surface area (Å²) >= 11 is 1.50. The SMILES string of the molecule is CNCC(=O)C[C@H](C)[C@H]1C(=O)N2C(C(=O)O)=C(SC3CN[C@H](C(=O)N4CC[C@H](CCN)C4)C3)[C@H](C)[C@H]12. The number of nitrogens with two attached hydrogens (primary N) is 1. The first-order valence-corrected chi connectivity index (χ1v) is 13.9. The van der Waals surface area contributed by atoms with Gasteiger partial charge in [0.2, 0.25) is 11.8 Å². The highest BCUT2D eigenvalue weighted by Crippen LogP contribution is 2.53. The standard InChI is InChI=1S/C25H39N5O5S/c1-13(8-16(31)10-27-3)19-20-14(2)22(21(25(34)35)30(20)24(19)33)36-17-9-18(28-11-17)23(32)29-7-5-15(12-29)4-6-26/h13-15,17-20,27-28H,4-12,26H2,1-3H3,(H,34,35)/t13-,14+,15-,17?,18-,19+,20+/m0/s1. The average Bonchev–Trinajstić information content (AvgIpc) is 3.53. The number of nitrogens with one attached hydrogen (secondary N) is 2. The van der Waals surface area contributed by atoms with Gasteiger partial charge in [-0.05, 0) is 44.7 Å². The van der Waals surface area contributed by atoms with E-state index in [0.29, 0.717) is 30.3 Å². The van der Waals surface area contributed by atoms with E-state index in [1.807, 2.05) is 18.7 Å². The number of likely N-dealkylation sites (N-methyl/N-ethyl adjacent to an activating group) is 1. The van der Waals surface area contributed by atoms with Gasteiger partial charge >= 0.3 is 5.97 Å². The molecule has 4 rings (SSSR count). The topological polar surface area (TPSA) is 145 Å². The minimum atomic E-state index is -1.10. The fourth-order valence-electron chi connectivity index (χ4n) is 6.41. The van der Waals surface area contributed by atoms with Gasteiger partial charge in [0.25, 0.3) is 0 Å². The van der Waals surface area contributed by atoms with Gasteiger partial charge in [-0.2, -0.15) is 0 Å². The van der Waals surface area contributed by atoms with Crippen molar-refractivity contribution < 1.29 is 24.3 Å². The lowest BCUT2D eigenvalue weighted by Crippen LogP contribution is -2.62. The Hall–Kier alpha value is -1.95. The molecule has 0 aromatic carbocycles. The molecular formula is C25H39N5O5S. The van der Waals surface area contributed by atoms with Crippen molar-refractivity contribution in [2.24, 2.45) is 29.4 Å². The highest BCUT2D eigenvalue weighted by molar-refractivity contribution is 8.03. The summed E-state index contributed by atoms with van der Waals surface area (Å²) in [7, 11) is 1.71. The van der Waals surface area contributed by atoms with Gasteiger partial charge < -0.3 is 31.3 Å². The summed E-state index contributed by atoms with van der Waals surface area (Å²) in [4.78, 5) is 54.5. The second kappa shape index (κ2) is 11.2. The summed E-state index contributed by atoms with van der Waals surface area (Å²) in [5, 5.41) is 16.2. The maximum absolute atomic E-state index is 13.1. The normalized spacial score (nSPS) is 32.6. The van der Waals surface area contributed by atoms with Crippen LogP contribution in [0.25, 0.3) is 0 Å². The van der Waals surface area contributed by atoms with Crippen molar-refractivity contribution >= 4 is 35.3 Å². The van der Waals surface area contributed by atoms with Crippen LogP contribution in [0.2, 0.25) is 0 Å². The van der Waals surface area contributed by atoms with Crippen molar-refractivity contribution in [1.29, 1.82) is 0 Å². The minimum absolute atomic E-state index is 0.0444. The zero-order valence-corrected chi connectivity index (χ0v) is 22.2. The van der Waals surface area contributed by atoms with Gasteiger partial charge in [0.1, 0.15) is 11.5 Å². The lowest BCUT2D eigenvalue weighted by atomic mass is 9.73. The van der Waals surface area contributed by atoms with E-state index in [0.717, 1.165) is 25.9 Å². The smallest absolute Gasteiger partial charge is 0.353 e. The lowest BCUT2D eigenvalue weighted by Gasteiger charge is -2.47. The second-order valence-corrected chi connectivity index (χ2v) is 12.1. The van der Waals surface area contributed by atoms with E-state index in [-0.39, 0.29) is 71.3 Å². The fourth-order valence-corrected chi connectivity index (χ4v) is 7.89. The Balaban J connectivity index is 1.40. The predicted molar refractivity (Wildman–Crippen MR) is 137 cm³/mol. The van der Waals surface area contributed by atoms with Crippen LogP contribution in [-0.2, 0) is 19.2 Å². The third kappa shape index (κ3) is 5.07. The van der Waals surface area contributed by atoms with Gasteiger partial charge in [-0.3, -0.25) is 14.4 Å². The molecule has 0 bridgehead atoms. The quantitative estimate of drug-likeness (QED) is 0.281. The molecule has 36 heavy (non-hydrogen) atoms. The highest BCUT2D eigenvalue weighted by Gasteiger charge is 2.60. The summed E-state index contributed by atoms with van der Waals surface area (Å²) in [5.74, 6) is -1.31. The number of likely N-dealkylation sites (tertiary alicyclic amines) is 1. The zero-order chi connectivity index (χ0) is 26.1. The maximum atomic E-state index is 13.1.